The van der Waals surface area contributed by atoms with Gasteiger partial charge in [-0.3, -0.25) is 0 Å². The molecule has 118 valence electrons. The third kappa shape index (κ3) is 3.73. The number of benzene rings is 1. The molecule has 0 aliphatic heterocycles. The number of hydrogen-bond donors (Lipinski definition) is 1. The van der Waals surface area contributed by atoms with Crippen molar-refractivity contribution < 1.29 is 21.6 Å². The Kier molecular flexibility index (Phi) is 4.10. The molecule has 0 spiro atoms. The van der Waals surface area contributed by atoms with Gasteiger partial charge in [0.05, 0.1) is 10.5 Å². The van der Waals surface area contributed by atoms with Gasteiger partial charge in [-0.25, -0.2) is 23.1 Å². The highest BCUT2D eigenvalue weighted by Crippen LogP contribution is 2.29. The molecule has 2 aromatic rings. The van der Waals surface area contributed by atoms with Crippen LogP contribution in [-0.2, 0) is 16.2 Å². The van der Waals surface area contributed by atoms with Crippen LogP contribution in [0.3, 0.4) is 0 Å². The smallest absolute Gasteiger partial charge is 0.247 e. The Balaban J connectivity index is 2.30. The van der Waals surface area contributed by atoms with Gasteiger partial charge in [-0.2, -0.15) is 13.2 Å². The molecule has 0 saturated carbocycles. The Hall–Kier alpha value is -2.16. The molecule has 0 saturated heterocycles. The van der Waals surface area contributed by atoms with E-state index in [2.05, 4.69) is 14.7 Å². The molecule has 1 N–H and O–H groups in total. The zero-order valence-electron chi connectivity index (χ0n) is 11.6. The average molecular weight is 331 g/mol. The van der Waals surface area contributed by atoms with E-state index in [0.717, 1.165) is 12.1 Å². The van der Waals surface area contributed by atoms with Gasteiger partial charge in [-0.15, -0.1) is 0 Å². The van der Waals surface area contributed by atoms with Gasteiger partial charge < -0.3 is 0 Å². The van der Waals surface area contributed by atoms with Crippen LogP contribution >= 0.6 is 0 Å². The molecule has 0 aliphatic rings. The van der Waals surface area contributed by atoms with E-state index >= 15 is 0 Å². The number of aryl methyl sites for hydroxylation is 2. The minimum atomic E-state index is -4.52. The summed E-state index contributed by atoms with van der Waals surface area (Å²) in [5.41, 5.74) is 0.212. The molecule has 1 aromatic carbocycles. The standard InChI is InChI=1S/C13H12F3N3O2S/c1-8-7-9(2)18-12(17-8)19-22(20,21)11-5-3-10(4-6-11)13(14,15)16/h3-7H,1-2H3,(H,17,18,19). The van der Waals surface area contributed by atoms with Crippen LogP contribution in [0.4, 0.5) is 19.1 Å². The number of anilines is 1. The summed E-state index contributed by atoms with van der Waals surface area (Å²) in [5.74, 6) is -0.127. The van der Waals surface area contributed by atoms with Crippen LogP contribution in [0.15, 0.2) is 35.2 Å². The number of alkyl halides is 3. The maximum absolute atomic E-state index is 12.5. The first-order valence-electron chi connectivity index (χ1n) is 6.10. The highest BCUT2D eigenvalue weighted by molar-refractivity contribution is 7.92. The zero-order chi connectivity index (χ0) is 16.5. The van der Waals surface area contributed by atoms with Crippen LogP contribution in [-0.4, -0.2) is 18.4 Å². The Labute approximate surface area is 125 Å². The molecule has 0 radical (unpaired) electrons. The molecular formula is C13H12F3N3O2S. The molecule has 0 fully saturated rings. The van der Waals surface area contributed by atoms with Gasteiger partial charge in [0, 0.05) is 11.4 Å². The highest BCUT2D eigenvalue weighted by Gasteiger charge is 2.30. The third-order valence-electron chi connectivity index (χ3n) is 2.70. The zero-order valence-corrected chi connectivity index (χ0v) is 12.5. The normalized spacial score (nSPS) is 12.2. The molecule has 0 atom stereocenters. The summed E-state index contributed by atoms with van der Waals surface area (Å²) in [6, 6.07) is 4.84. The second kappa shape index (κ2) is 5.56. The van der Waals surface area contributed by atoms with E-state index < -0.39 is 21.8 Å². The monoisotopic (exact) mass is 331 g/mol. The van der Waals surface area contributed by atoms with Crippen molar-refractivity contribution in [2.75, 3.05) is 4.72 Å². The van der Waals surface area contributed by atoms with Crippen molar-refractivity contribution in [3.63, 3.8) is 0 Å². The van der Waals surface area contributed by atoms with Crippen molar-refractivity contribution in [3.05, 3.63) is 47.3 Å². The number of hydrogen-bond acceptors (Lipinski definition) is 4. The summed E-state index contributed by atoms with van der Waals surface area (Å²) in [4.78, 5) is 7.54. The molecule has 1 heterocycles. The molecule has 5 nitrogen and oxygen atoms in total. The van der Waals surface area contributed by atoms with Crippen molar-refractivity contribution in [2.45, 2.75) is 24.9 Å². The molecule has 9 heteroatoms. The Morgan fingerprint density at radius 2 is 1.50 bits per heavy atom. The highest BCUT2D eigenvalue weighted by atomic mass is 32.2. The van der Waals surface area contributed by atoms with Crippen molar-refractivity contribution >= 4 is 16.0 Å². The first-order chi connectivity index (χ1) is 10.1. The van der Waals surface area contributed by atoms with Crippen molar-refractivity contribution in [3.8, 4) is 0 Å². The second-order valence-electron chi connectivity index (χ2n) is 4.60. The quantitative estimate of drug-likeness (QED) is 0.939. The fourth-order valence-electron chi connectivity index (χ4n) is 1.77. The van der Waals surface area contributed by atoms with Crippen LogP contribution in [0.25, 0.3) is 0 Å². The van der Waals surface area contributed by atoms with E-state index in [4.69, 9.17) is 0 Å². The molecule has 0 bridgehead atoms. The van der Waals surface area contributed by atoms with Crippen molar-refractivity contribution in [2.24, 2.45) is 0 Å². The van der Waals surface area contributed by atoms with E-state index in [9.17, 15) is 21.6 Å². The number of rotatable bonds is 3. The van der Waals surface area contributed by atoms with Gasteiger partial charge >= 0.3 is 6.18 Å². The Morgan fingerprint density at radius 1 is 1.00 bits per heavy atom. The summed E-state index contributed by atoms with van der Waals surface area (Å²) < 4.78 is 63.8. The summed E-state index contributed by atoms with van der Waals surface area (Å²) in [5, 5.41) is 0. The number of nitrogens with one attached hydrogen (secondary N) is 1. The third-order valence-corrected chi connectivity index (χ3v) is 4.04. The van der Waals surface area contributed by atoms with Gasteiger partial charge in [-0.05, 0) is 44.2 Å². The summed E-state index contributed by atoms with van der Waals surface area (Å²) >= 11 is 0. The molecule has 1 aromatic heterocycles. The fraction of sp³-hybridized carbons (Fsp3) is 0.231. The van der Waals surface area contributed by atoms with Crippen LogP contribution in [0, 0.1) is 13.8 Å². The topological polar surface area (TPSA) is 72.0 Å². The molecule has 0 aliphatic carbocycles. The minimum Gasteiger partial charge on any atom is -0.247 e. The second-order valence-corrected chi connectivity index (χ2v) is 6.28. The molecule has 22 heavy (non-hydrogen) atoms. The van der Waals surface area contributed by atoms with Gasteiger partial charge in [0.1, 0.15) is 0 Å². The van der Waals surface area contributed by atoms with Crippen molar-refractivity contribution in [1.29, 1.82) is 0 Å². The fourth-order valence-corrected chi connectivity index (χ4v) is 2.72. The Bertz CT molecular complexity index is 767. The lowest BCUT2D eigenvalue weighted by Crippen LogP contribution is -2.16. The number of aromatic nitrogens is 2. The lowest BCUT2D eigenvalue weighted by molar-refractivity contribution is -0.137. The van der Waals surface area contributed by atoms with E-state index in [1.165, 1.54) is 0 Å². The SMILES string of the molecule is Cc1cc(C)nc(NS(=O)(=O)c2ccc(C(F)(F)F)cc2)n1. The summed E-state index contributed by atoms with van der Waals surface area (Å²) in [6.07, 6.45) is -4.52. The molecular weight excluding hydrogens is 319 g/mol. The van der Waals surface area contributed by atoms with Gasteiger partial charge in [0.15, 0.2) is 0 Å². The summed E-state index contributed by atoms with van der Waals surface area (Å²) in [7, 11) is -4.05. The lowest BCUT2D eigenvalue weighted by atomic mass is 10.2. The van der Waals surface area contributed by atoms with E-state index in [-0.39, 0.29) is 10.8 Å². The maximum Gasteiger partial charge on any atom is 0.416 e. The number of nitrogens with zero attached hydrogens (tertiary/aromatic N) is 2. The van der Waals surface area contributed by atoms with E-state index in [0.29, 0.717) is 23.5 Å². The van der Waals surface area contributed by atoms with Gasteiger partial charge in [-0.1, -0.05) is 0 Å². The number of halogens is 3. The molecule has 0 amide bonds. The van der Waals surface area contributed by atoms with E-state index in [1.54, 1.807) is 19.9 Å². The lowest BCUT2D eigenvalue weighted by Gasteiger charge is -2.10. The Morgan fingerprint density at radius 3 is 1.95 bits per heavy atom. The van der Waals surface area contributed by atoms with Crippen LogP contribution in [0.2, 0.25) is 0 Å². The van der Waals surface area contributed by atoms with Crippen molar-refractivity contribution in [1.82, 2.24) is 9.97 Å². The first kappa shape index (κ1) is 16.2. The maximum atomic E-state index is 12.5. The van der Waals surface area contributed by atoms with Gasteiger partial charge in [0.25, 0.3) is 10.0 Å². The number of sulfonamides is 1. The predicted molar refractivity (Wildman–Crippen MR) is 73.8 cm³/mol. The molecule has 0 unspecified atom stereocenters. The first-order valence-corrected chi connectivity index (χ1v) is 7.58. The van der Waals surface area contributed by atoms with Crippen LogP contribution in [0.1, 0.15) is 17.0 Å². The summed E-state index contributed by atoms with van der Waals surface area (Å²) in [6.45, 7) is 3.34. The van der Waals surface area contributed by atoms with Gasteiger partial charge in [0.2, 0.25) is 5.95 Å². The minimum absolute atomic E-state index is 0.127. The largest absolute Gasteiger partial charge is 0.416 e. The van der Waals surface area contributed by atoms with Crippen LogP contribution in [0.5, 0.6) is 0 Å². The van der Waals surface area contributed by atoms with E-state index in [1.807, 2.05) is 0 Å². The predicted octanol–water partition coefficient (Wildman–Crippen LogP) is 2.91. The molecule has 2 rings (SSSR count). The van der Waals surface area contributed by atoms with Crippen LogP contribution < -0.4 is 4.72 Å². The average Bonchev–Trinajstić information content (AvgIpc) is 2.36.